The summed E-state index contributed by atoms with van der Waals surface area (Å²) in [6.45, 7) is 11.3. The van der Waals surface area contributed by atoms with E-state index < -0.39 is 29.2 Å². The Labute approximate surface area is 281 Å². The highest BCUT2D eigenvalue weighted by Crippen LogP contribution is 2.42. The number of urea groups is 1. The van der Waals surface area contributed by atoms with E-state index in [1.165, 1.54) is 25.7 Å². The van der Waals surface area contributed by atoms with Gasteiger partial charge in [-0.05, 0) is 50.7 Å². The van der Waals surface area contributed by atoms with E-state index in [-0.39, 0.29) is 30.2 Å². The molecule has 47 heavy (non-hydrogen) atoms. The summed E-state index contributed by atoms with van der Waals surface area (Å²) in [6, 6.07) is 11.5. The number of carboxylic acid groups (broad SMARTS) is 1. The Kier molecular flexibility index (Phi) is 13.1. The second kappa shape index (κ2) is 16.8. The lowest BCUT2D eigenvalue weighted by Gasteiger charge is -2.45. The average Bonchev–Trinajstić information content (AvgIpc) is 3.52. The Morgan fingerprint density at radius 1 is 1.00 bits per heavy atom. The molecule has 2 fully saturated rings. The van der Waals surface area contributed by atoms with Gasteiger partial charge >= 0.3 is 12.0 Å². The number of carbonyl (C=O) groups is 3. The number of hydrogen-bond acceptors (Lipinski definition) is 5. The predicted octanol–water partition coefficient (Wildman–Crippen LogP) is 8.06. The molecule has 1 aromatic heterocycles. The van der Waals surface area contributed by atoms with Crippen LogP contribution in [-0.4, -0.2) is 63.9 Å². The van der Waals surface area contributed by atoms with Crippen LogP contribution >= 0.6 is 0 Å². The predicted molar refractivity (Wildman–Crippen MR) is 183 cm³/mol. The van der Waals surface area contributed by atoms with Crippen LogP contribution in [0.25, 0.3) is 0 Å². The van der Waals surface area contributed by atoms with Crippen LogP contribution in [0, 0.1) is 11.3 Å². The summed E-state index contributed by atoms with van der Waals surface area (Å²) < 4.78 is 12.0. The second-order valence-electron chi connectivity index (χ2n) is 14.7. The molecule has 9 nitrogen and oxygen atoms in total. The molecule has 1 aliphatic heterocycles. The van der Waals surface area contributed by atoms with E-state index in [0.29, 0.717) is 31.0 Å². The van der Waals surface area contributed by atoms with Gasteiger partial charge in [0.05, 0.1) is 13.0 Å². The molecule has 1 saturated carbocycles. The molecule has 1 aromatic carbocycles. The molecule has 1 aliphatic carbocycles. The fraction of sp³-hybridized carbons (Fsp3) is 0.658. The number of hydrogen-bond donors (Lipinski definition) is 3. The van der Waals surface area contributed by atoms with E-state index in [1.54, 1.807) is 26.1 Å². The van der Waals surface area contributed by atoms with Crippen molar-refractivity contribution in [3.05, 3.63) is 59.4 Å². The Bertz CT molecular complexity index is 1310. The number of unbranched alkanes of at least 4 members (excludes halogenated alkanes) is 5. The molecule has 2 aromatic rings. The maximum absolute atomic E-state index is 14.1. The normalized spacial score (nSPS) is 22.7. The van der Waals surface area contributed by atoms with Gasteiger partial charge in [-0.1, -0.05) is 96.0 Å². The first-order valence-corrected chi connectivity index (χ1v) is 17.8. The van der Waals surface area contributed by atoms with Crippen LogP contribution < -0.4 is 5.32 Å². The lowest BCUT2D eigenvalue weighted by atomic mass is 9.72. The molecule has 2 amide bonds. The van der Waals surface area contributed by atoms with Crippen LogP contribution in [0.5, 0.6) is 0 Å². The second-order valence-corrected chi connectivity index (χ2v) is 14.7. The van der Waals surface area contributed by atoms with Crippen LogP contribution in [0.15, 0.2) is 42.6 Å². The monoisotopic (exact) mass is 651 g/mol. The third-order valence-electron chi connectivity index (χ3n) is 9.88. The number of benzene rings is 1. The molecule has 4 unspecified atom stereocenters. The number of aliphatic carboxylic acids is 1. The minimum atomic E-state index is -0.934. The molecule has 0 bridgehead atoms. The van der Waals surface area contributed by atoms with Crippen LogP contribution in [0.2, 0.25) is 0 Å². The Balaban J connectivity index is 1.55. The minimum Gasteiger partial charge on any atom is -0.481 e. The average molecular weight is 652 g/mol. The third-order valence-corrected chi connectivity index (χ3v) is 9.88. The van der Waals surface area contributed by atoms with Gasteiger partial charge in [-0.25, -0.2) is 4.79 Å². The SMILES string of the molecule is CCCCCCCCN(Cc1ccccc1)C(=O)NC1CCCCC1C(CC(=O)O)c1[nH]ccc1C(=O)C1OC(C)(C)OCC1(C)C. The summed E-state index contributed by atoms with van der Waals surface area (Å²) in [4.78, 5) is 45.6. The van der Waals surface area contributed by atoms with Crippen molar-refractivity contribution in [1.82, 2.24) is 15.2 Å². The van der Waals surface area contributed by atoms with Crippen molar-refractivity contribution >= 4 is 17.8 Å². The molecule has 3 N–H and O–H groups in total. The summed E-state index contributed by atoms with van der Waals surface area (Å²) >= 11 is 0. The molecule has 0 radical (unpaired) electrons. The van der Waals surface area contributed by atoms with Crippen LogP contribution in [-0.2, 0) is 20.8 Å². The number of amides is 2. The van der Waals surface area contributed by atoms with Gasteiger partial charge in [0.2, 0.25) is 0 Å². The van der Waals surface area contributed by atoms with Gasteiger partial charge in [0.15, 0.2) is 11.6 Å². The molecule has 2 aliphatic rings. The summed E-state index contributed by atoms with van der Waals surface area (Å²) in [6.07, 6.45) is 11.1. The van der Waals surface area contributed by atoms with Crippen LogP contribution in [0.4, 0.5) is 4.79 Å². The summed E-state index contributed by atoms with van der Waals surface area (Å²) in [5.74, 6) is -2.66. The van der Waals surface area contributed by atoms with Crippen LogP contribution in [0.3, 0.4) is 0 Å². The highest BCUT2D eigenvalue weighted by Gasteiger charge is 2.47. The molecule has 260 valence electrons. The number of ketones is 1. The smallest absolute Gasteiger partial charge is 0.317 e. The standard InChI is InChI=1S/C38H57N3O6/c1-6-7-8-9-10-16-23-41(25-27-17-12-11-13-18-27)36(45)40-31-20-15-14-19-28(31)30(24-32(42)43)33-29(21-22-39-33)34(44)35-37(2,3)26-46-38(4,5)47-35/h11-13,17-18,21-22,28,30-31,35,39H,6-10,14-16,19-20,23-26H2,1-5H3,(H,40,45)(H,42,43). The van der Waals surface area contributed by atoms with Crippen molar-refractivity contribution < 1.29 is 29.0 Å². The fourth-order valence-corrected chi connectivity index (χ4v) is 7.23. The van der Waals surface area contributed by atoms with Crippen LogP contribution in [0.1, 0.15) is 133 Å². The molecule has 2 heterocycles. The summed E-state index contributed by atoms with van der Waals surface area (Å²) in [5, 5.41) is 13.5. The topological polar surface area (TPSA) is 121 Å². The third kappa shape index (κ3) is 10.2. The van der Waals surface area contributed by atoms with E-state index in [4.69, 9.17) is 9.47 Å². The van der Waals surface area contributed by atoms with E-state index in [1.807, 2.05) is 49.1 Å². The number of rotatable bonds is 16. The number of Topliss-reactive ketones (excluding diaryl/α,β-unsaturated/α-hetero) is 1. The Morgan fingerprint density at radius 2 is 1.70 bits per heavy atom. The molecule has 1 saturated heterocycles. The Hall–Kier alpha value is -3.17. The first-order valence-electron chi connectivity index (χ1n) is 17.8. The van der Waals surface area contributed by atoms with Gasteiger partial charge < -0.3 is 29.8 Å². The van der Waals surface area contributed by atoms with Crippen molar-refractivity contribution in [2.75, 3.05) is 13.2 Å². The first-order chi connectivity index (χ1) is 22.4. The number of ether oxygens (including phenoxy) is 2. The number of carboxylic acids is 1. The highest BCUT2D eigenvalue weighted by molar-refractivity contribution is 6.01. The number of H-pyrrole nitrogens is 1. The lowest BCUT2D eigenvalue weighted by molar-refractivity contribution is -0.298. The largest absolute Gasteiger partial charge is 0.481 e. The summed E-state index contributed by atoms with van der Waals surface area (Å²) in [5.41, 5.74) is 1.58. The van der Waals surface area contributed by atoms with E-state index in [9.17, 15) is 19.5 Å². The molecule has 4 rings (SSSR count). The number of aromatic amines is 1. The molecular formula is C38H57N3O6. The highest BCUT2D eigenvalue weighted by atomic mass is 16.7. The van der Waals surface area contributed by atoms with Crippen molar-refractivity contribution in [1.29, 1.82) is 0 Å². The molecular weight excluding hydrogens is 594 g/mol. The van der Waals surface area contributed by atoms with Gasteiger partial charge in [0.1, 0.15) is 6.10 Å². The number of nitrogens with one attached hydrogen (secondary N) is 2. The lowest BCUT2D eigenvalue weighted by Crippen LogP contribution is -2.53. The zero-order valence-electron chi connectivity index (χ0n) is 29.2. The number of carbonyl (C=O) groups excluding carboxylic acids is 2. The zero-order valence-corrected chi connectivity index (χ0v) is 29.2. The van der Waals surface area contributed by atoms with Crippen molar-refractivity contribution in [3.63, 3.8) is 0 Å². The van der Waals surface area contributed by atoms with E-state index in [0.717, 1.165) is 44.1 Å². The van der Waals surface area contributed by atoms with Crippen molar-refractivity contribution in [2.45, 2.75) is 136 Å². The van der Waals surface area contributed by atoms with E-state index in [2.05, 4.69) is 17.2 Å². The van der Waals surface area contributed by atoms with Gasteiger partial charge in [0, 0.05) is 47.9 Å². The first kappa shape index (κ1) is 36.7. The molecule has 9 heteroatoms. The maximum Gasteiger partial charge on any atom is 0.317 e. The quantitative estimate of drug-likeness (QED) is 0.125. The van der Waals surface area contributed by atoms with Crippen molar-refractivity contribution in [3.8, 4) is 0 Å². The minimum absolute atomic E-state index is 0.115. The summed E-state index contributed by atoms with van der Waals surface area (Å²) in [7, 11) is 0. The van der Waals surface area contributed by atoms with Gasteiger partial charge in [-0.2, -0.15) is 0 Å². The fourth-order valence-electron chi connectivity index (χ4n) is 7.23. The van der Waals surface area contributed by atoms with Gasteiger partial charge in [-0.3, -0.25) is 9.59 Å². The number of nitrogens with zero attached hydrogens (tertiary/aromatic N) is 1. The maximum atomic E-state index is 14.1. The van der Waals surface area contributed by atoms with Gasteiger partial charge in [0.25, 0.3) is 0 Å². The Morgan fingerprint density at radius 3 is 2.43 bits per heavy atom. The molecule has 4 atom stereocenters. The number of aromatic nitrogens is 1. The van der Waals surface area contributed by atoms with E-state index >= 15 is 0 Å². The van der Waals surface area contributed by atoms with Gasteiger partial charge in [-0.15, -0.1) is 0 Å². The van der Waals surface area contributed by atoms with Crippen molar-refractivity contribution in [2.24, 2.45) is 11.3 Å². The zero-order chi connectivity index (χ0) is 34.0. The molecule has 0 spiro atoms.